The van der Waals surface area contributed by atoms with Crippen LogP contribution in [0.1, 0.15) is 35.4 Å². The molecule has 1 amide bonds. The fourth-order valence-corrected chi connectivity index (χ4v) is 7.08. The summed E-state index contributed by atoms with van der Waals surface area (Å²) in [5, 5.41) is 4.41. The van der Waals surface area contributed by atoms with Gasteiger partial charge in [0.05, 0.1) is 6.26 Å². The number of thiophene rings is 1. The molecule has 1 aromatic rings. The predicted molar refractivity (Wildman–Crippen MR) is 99.2 cm³/mol. The Kier molecular flexibility index (Phi) is 5.73. The van der Waals surface area contributed by atoms with Crippen molar-refractivity contribution in [2.45, 2.75) is 36.6 Å². The summed E-state index contributed by atoms with van der Waals surface area (Å²) < 4.78 is 51.7. The highest BCUT2D eigenvalue weighted by atomic mass is 32.2. The lowest BCUT2D eigenvalue weighted by molar-refractivity contribution is 0.0922. The molecule has 1 unspecified atom stereocenters. The van der Waals surface area contributed by atoms with E-state index in [4.69, 9.17) is 0 Å². The fraction of sp³-hybridized carbons (Fsp3) is 0.667. The molecule has 2 aliphatic rings. The van der Waals surface area contributed by atoms with Crippen LogP contribution < -0.4 is 5.32 Å². The Morgan fingerprint density at radius 3 is 2.42 bits per heavy atom. The first kappa shape index (κ1) is 19.7. The van der Waals surface area contributed by atoms with Crippen molar-refractivity contribution in [3.8, 4) is 0 Å². The van der Waals surface area contributed by atoms with E-state index in [-0.39, 0.29) is 22.4 Å². The lowest BCUT2D eigenvalue weighted by Gasteiger charge is -2.31. The molecule has 1 N–H and O–H groups in total. The lowest BCUT2D eigenvalue weighted by Crippen LogP contribution is -2.49. The van der Waals surface area contributed by atoms with Crippen molar-refractivity contribution < 1.29 is 21.6 Å². The van der Waals surface area contributed by atoms with Gasteiger partial charge < -0.3 is 5.32 Å². The Bertz CT molecular complexity index is 872. The molecule has 8 nitrogen and oxygen atoms in total. The summed E-state index contributed by atoms with van der Waals surface area (Å²) in [5.41, 5.74) is 0. The number of nitrogens with zero attached hydrogens (tertiary/aromatic N) is 2. The molecule has 11 heteroatoms. The molecule has 3 rings (SSSR count). The Hall–Kier alpha value is -1.01. The number of nitrogens with one attached hydrogen (secondary N) is 1. The number of carbonyl (C=O) groups excluding carboxylic acids is 1. The zero-order valence-corrected chi connectivity index (χ0v) is 17.0. The van der Waals surface area contributed by atoms with E-state index in [2.05, 4.69) is 5.32 Å². The maximum absolute atomic E-state index is 12.8. The molecule has 2 fully saturated rings. The topological polar surface area (TPSA) is 104 Å². The van der Waals surface area contributed by atoms with Crippen molar-refractivity contribution in [1.29, 1.82) is 0 Å². The predicted octanol–water partition coefficient (Wildman–Crippen LogP) is 0.686. The van der Waals surface area contributed by atoms with E-state index in [0.717, 1.165) is 30.4 Å². The first-order valence-corrected chi connectivity index (χ1v) is 12.7. The van der Waals surface area contributed by atoms with Gasteiger partial charge in [0.15, 0.2) is 0 Å². The van der Waals surface area contributed by atoms with Crippen molar-refractivity contribution in [3.05, 3.63) is 16.3 Å². The van der Waals surface area contributed by atoms with E-state index < -0.39 is 26.0 Å². The highest BCUT2D eigenvalue weighted by molar-refractivity contribution is 7.89. The number of amides is 1. The molecule has 2 saturated heterocycles. The van der Waals surface area contributed by atoms with Crippen LogP contribution in [0.2, 0.25) is 0 Å². The summed E-state index contributed by atoms with van der Waals surface area (Å²) in [6.07, 6.45) is 4.12. The highest BCUT2D eigenvalue weighted by Crippen LogP contribution is 2.28. The lowest BCUT2D eigenvalue weighted by atomic mass is 10.1. The Labute approximate surface area is 158 Å². The molecule has 1 atom stereocenters. The molecule has 0 spiro atoms. The van der Waals surface area contributed by atoms with Gasteiger partial charge in [-0.05, 0) is 37.1 Å². The van der Waals surface area contributed by atoms with Gasteiger partial charge in [0, 0.05) is 32.2 Å². The molecule has 146 valence electrons. The van der Waals surface area contributed by atoms with Crippen molar-refractivity contribution in [3.63, 3.8) is 0 Å². The molecule has 2 aliphatic heterocycles. The van der Waals surface area contributed by atoms with Gasteiger partial charge in [0.25, 0.3) is 5.91 Å². The Balaban J connectivity index is 1.74. The average Bonchev–Trinajstić information content (AvgIpc) is 3.26. The number of hydrogen-bond acceptors (Lipinski definition) is 6. The quantitative estimate of drug-likeness (QED) is 0.753. The van der Waals surface area contributed by atoms with Crippen LogP contribution in [-0.4, -0.2) is 69.8 Å². The standard InChI is InChI=1S/C15H23N3O5S3/c1-25(20,21)18-9-4-5-12(11-18)16-15(19)14-13(6-10-24-14)26(22,23)17-7-2-3-8-17/h6,10,12H,2-5,7-9,11H2,1H3,(H,16,19). The molecule has 3 heterocycles. The summed E-state index contributed by atoms with van der Waals surface area (Å²) in [6.45, 7) is 1.61. The van der Waals surface area contributed by atoms with Gasteiger partial charge in [-0.1, -0.05) is 0 Å². The van der Waals surface area contributed by atoms with E-state index >= 15 is 0 Å². The zero-order chi connectivity index (χ0) is 18.9. The van der Waals surface area contributed by atoms with E-state index in [0.29, 0.717) is 32.5 Å². The number of hydrogen-bond donors (Lipinski definition) is 1. The van der Waals surface area contributed by atoms with Crippen LogP contribution in [0.4, 0.5) is 0 Å². The van der Waals surface area contributed by atoms with Crippen molar-refractivity contribution in [2.75, 3.05) is 32.4 Å². The maximum atomic E-state index is 12.8. The molecular formula is C15H23N3O5S3. The number of carbonyl (C=O) groups is 1. The average molecular weight is 422 g/mol. The van der Waals surface area contributed by atoms with Gasteiger partial charge in [0.2, 0.25) is 20.0 Å². The fourth-order valence-electron chi connectivity index (χ4n) is 3.35. The van der Waals surface area contributed by atoms with Crippen molar-refractivity contribution in [2.24, 2.45) is 0 Å². The minimum atomic E-state index is -3.67. The van der Waals surface area contributed by atoms with Gasteiger partial charge >= 0.3 is 0 Å². The summed E-state index contributed by atoms with van der Waals surface area (Å²) in [7, 11) is -6.98. The molecule has 0 aromatic carbocycles. The van der Waals surface area contributed by atoms with Gasteiger partial charge in [-0.3, -0.25) is 4.79 Å². The number of rotatable bonds is 5. The van der Waals surface area contributed by atoms with Gasteiger partial charge in [0.1, 0.15) is 9.77 Å². The third-order valence-corrected chi connectivity index (χ3v) is 8.96. The maximum Gasteiger partial charge on any atom is 0.263 e. The van der Waals surface area contributed by atoms with Crippen LogP contribution in [0.3, 0.4) is 0 Å². The third kappa shape index (κ3) is 4.11. The molecule has 0 radical (unpaired) electrons. The van der Waals surface area contributed by atoms with E-state index in [1.807, 2.05) is 0 Å². The summed E-state index contributed by atoms with van der Waals surface area (Å²) in [5.74, 6) is -0.460. The minimum absolute atomic E-state index is 0.0395. The molecular weight excluding hydrogens is 398 g/mol. The zero-order valence-electron chi connectivity index (χ0n) is 14.5. The molecule has 0 bridgehead atoms. The largest absolute Gasteiger partial charge is 0.347 e. The van der Waals surface area contributed by atoms with E-state index in [1.165, 1.54) is 14.7 Å². The van der Waals surface area contributed by atoms with Crippen LogP contribution >= 0.6 is 11.3 Å². The second-order valence-corrected chi connectivity index (χ2v) is 11.5. The second kappa shape index (κ2) is 7.55. The Morgan fingerprint density at radius 2 is 1.77 bits per heavy atom. The van der Waals surface area contributed by atoms with Crippen LogP contribution in [0.5, 0.6) is 0 Å². The normalized spacial score (nSPS) is 23.2. The SMILES string of the molecule is CS(=O)(=O)N1CCCC(NC(=O)c2sccc2S(=O)(=O)N2CCCC2)C1. The summed E-state index contributed by atoms with van der Waals surface area (Å²) in [6, 6.07) is 1.15. The van der Waals surface area contributed by atoms with Crippen LogP contribution in [0.25, 0.3) is 0 Å². The monoisotopic (exact) mass is 421 g/mol. The summed E-state index contributed by atoms with van der Waals surface area (Å²) in [4.78, 5) is 12.9. The molecule has 26 heavy (non-hydrogen) atoms. The van der Waals surface area contributed by atoms with Crippen molar-refractivity contribution >= 4 is 37.3 Å². The van der Waals surface area contributed by atoms with Crippen molar-refractivity contribution in [1.82, 2.24) is 13.9 Å². The van der Waals surface area contributed by atoms with Crippen LogP contribution in [0, 0.1) is 0 Å². The van der Waals surface area contributed by atoms with E-state index in [1.54, 1.807) is 5.38 Å². The molecule has 0 aliphatic carbocycles. The van der Waals surface area contributed by atoms with Gasteiger partial charge in [-0.25, -0.2) is 21.1 Å². The van der Waals surface area contributed by atoms with Gasteiger partial charge in [-0.15, -0.1) is 11.3 Å². The second-order valence-electron chi connectivity index (χ2n) is 6.66. The summed E-state index contributed by atoms with van der Waals surface area (Å²) >= 11 is 1.09. The van der Waals surface area contributed by atoms with Crippen LogP contribution in [0.15, 0.2) is 16.3 Å². The molecule has 1 aromatic heterocycles. The highest BCUT2D eigenvalue weighted by Gasteiger charge is 2.33. The van der Waals surface area contributed by atoms with Gasteiger partial charge in [-0.2, -0.15) is 4.31 Å². The Morgan fingerprint density at radius 1 is 1.12 bits per heavy atom. The number of piperidine rings is 1. The molecule has 0 saturated carbocycles. The van der Waals surface area contributed by atoms with Crippen LogP contribution in [-0.2, 0) is 20.0 Å². The smallest absolute Gasteiger partial charge is 0.263 e. The first-order chi connectivity index (χ1) is 12.2. The third-order valence-electron chi connectivity index (χ3n) is 4.71. The van der Waals surface area contributed by atoms with E-state index in [9.17, 15) is 21.6 Å². The number of sulfonamides is 2. The first-order valence-electron chi connectivity index (χ1n) is 8.53. The minimum Gasteiger partial charge on any atom is -0.347 e.